The number of nitrogens with one attached hydrogen (secondary N) is 1. The van der Waals surface area contributed by atoms with Gasteiger partial charge in [-0.1, -0.05) is 0 Å². The van der Waals surface area contributed by atoms with E-state index in [2.05, 4.69) is 15.3 Å². The molecular weight excluding hydrogens is 220 g/mol. The number of hydrogen-bond donors (Lipinski definition) is 1. The zero-order valence-corrected chi connectivity index (χ0v) is 10.4. The Bertz CT molecular complexity index is 368. The highest BCUT2D eigenvalue weighted by Crippen LogP contribution is 2.07. The van der Waals surface area contributed by atoms with Gasteiger partial charge in [-0.15, -0.1) is 0 Å². The number of carbonyl (C=O) groups excluding carboxylic acids is 1. The highest BCUT2D eigenvalue weighted by molar-refractivity contribution is 5.75. The molecule has 1 N–H and O–H groups in total. The van der Waals surface area contributed by atoms with Crippen molar-refractivity contribution >= 4 is 11.9 Å². The van der Waals surface area contributed by atoms with E-state index in [1.807, 2.05) is 6.92 Å². The molecule has 0 saturated heterocycles. The van der Waals surface area contributed by atoms with Crippen molar-refractivity contribution in [3.8, 4) is 5.88 Å². The van der Waals surface area contributed by atoms with Crippen molar-refractivity contribution in [2.75, 3.05) is 32.6 Å². The summed E-state index contributed by atoms with van der Waals surface area (Å²) in [6.45, 7) is 2.97. The van der Waals surface area contributed by atoms with E-state index in [4.69, 9.17) is 4.74 Å². The summed E-state index contributed by atoms with van der Waals surface area (Å²) in [5, 5.41) is 2.98. The van der Waals surface area contributed by atoms with Crippen molar-refractivity contribution < 1.29 is 9.53 Å². The third-order valence-corrected chi connectivity index (χ3v) is 2.04. The average molecular weight is 238 g/mol. The van der Waals surface area contributed by atoms with Crippen LogP contribution in [0.5, 0.6) is 5.88 Å². The molecule has 1 aromatic heterocycles. The Kier molecular flexibility index (Phi) is 5.19. The fourth-order valence-corrected chi connectivity index (χ4v) is 1.16. The maximum Gasteiger partial charge on any atom is 0.225 e. The molecule has 1 aromatic rings. The van der Waals surface area contributed by atoms with Crippen LogP contribution in [0.15, 0.2) is 12.3 Å². The summed E-state index contributed by atoms with van der Waals surface area (Å²) >= 11 is 0. The van der Waals surface area contributed by atoms with Gasteiger partial charge in [0.2, 0.25) is 17.7 Å². The number of anilines is 1. The lowest BCUT2D eigenvalue weighted by atomic mass is 10.4. The minimum absolute atomic E-state index is 0.0680. The highest BCUT2D eigenvalue weighted by atomic mass is 16.5. The maximum atomic E-state index is 11.3. The molecule has 0 unspecified atom stereocenters. The van der Waals surface area contributed by atoms with Gasteiger partial charge in [-0.3, -0.25) is 4.79 Å². The van der Waals surface area contributed by atoms with E-state index in [0.29, 0.717) is 31.4 Å². The molecule has 0 aliphatic heterocycles. The zero-order chi connectivity index (χ0) is 12.7. The molecular formula is C11H18N4O2. The molecule has 17 heavy (non-hydrogen) atoms. The summed E-state index contributed by atoms with van der Waals surface area (Å²) in [6, 6.07) is 1.69. The number of carbonyl (C=O) groups is 1. The van der Waals surface area contributed by atoms with E-state index in [0.717, 1.165) is 0 Å². The SMILES string of the molecule is CCOc1ccnc(NCCC(=O)N(C)C)n1. The highest BCUT2D eigenvalue weighted by Gasteiger charge is 2.04. The molecule has 0 spiro atoms. The lowest BCUT2D eigenvalue weighted by Gasteiger charge is -2.10. The third kappa shape index (κ3) is 4.67. The van der Waals surface area contributed by atoms with Crippen LogP contribution >= 0.6 is 0 Å². The second kappa shape index (κ2) is 6.67. The molecule has 1 heterocycles. The van der Waals surface area contributed by atoms with Crippen LogP contribution in [-0.4, -0.2) is 48.0 Å². The van der Waals surface area contributed by atoms with Crippen molar-refractivity contribution in [3.05, 3.63) is 12.3 Å². The standard InChI is InChI=1S/C11H18N4O2/c1-4-17-9-5-7-12-11(14-9)13-8-6-10(16)15(2)3/h5,7H,4,6,8H2,1-3H3,(H,12,13,14). The van der Waals surface area contributed by atoms with Crippen LogP contribution in [0.3, 0.4) is 0 Å². The van der Waals surface area contributed by atoms with Gasteiger partial charge >= 0.3 is 0 Å². The van der Waals surface area contributed by atoms with Crippen LogP contribution in [0.1, 0.15) is 13.3 Å². The molecule has 0 bridgehead atoms. The van der Waals surface area contributed by atoms with Crippen LogP contribution in [0, 0.1) is 0 Å². The van der Waals surface area contributed by atoms with Gasteiger partial charge in [0.25, 0.3) is 0 Å². The van der Waals surface area contributed by atoms with E-state index >= 15 is 0 Å². The molecule has 6 heteroatoms. The topological polar surface area (TPSA) is 67.3 Å². The van der Waals surface area contributed by atoms with Crippen LogP contribution < -0.4 is 10.1 Å². The summed E-state index contributed by atoms with van der Waals surface area (Å²) < 4.78 is 5.25. The Balaban J connectivity index is 2.41. The normalized spacial score (nSPS) is 9.82. The van der Waals surface area contributed by atoms with Gasteiger partial charge in [0.1, 0.15) is 0 Å². The van der Waals surface area contributed by atoms with Gasteiger partial charge in [-0.05, 0) is 6.92 Å². The predicted octanol–water partition coefficient (Wildman–Crippen LogP) is 0.765. The van der Waals surface area contributed by atoms with Crippen LogP contribution in [0.25, 0.3) is 0 Å². The number of ether oxygens (including phenoxy) is 1. The smallest absolute Gasteiger partial charge is 0.225 e. The largest absolute Gasteiger partial charge is 0.478 e. The summed E-state index contributed by atoms with van der Waals surface area (Å²) in [5.74, 6) is 1.07. The summed E-state index contributed by atoms with van der Waals surface area (Å²) in [6.07, 6.45) is 2.03. The van der Waals surface area contributed by atoms with Gasteiger partial charge < -0.3 is 15.0 Å². The Morgan fingerprint density at radius 1 is 1.53 bits per heavy atom. The van der Waals surface area contributed by atoms with Gasteiger partial charge in [0.05, 0.1) is 6.61 Å². The molecule has 1 rings (SSSR count). The first-order valence-corrected chi connectivity index (χ1v) is 5.53. The Hall–Kier alpha value is -1.85. The fraction of sp³-hybridized carbons (Fsp3) is 0.545. The molecule has 0 aromatic carbocycles. The first-order chi connectivity index (χ1) is 8.13. The van der Waals surface area contributed by atoms with Gasteiger partial charge in [-0.2, -0.15) is 4.98 Å². The second-order valence-electron chi connectivity index (χ2n) is 3.62. The number of hydrogen-bond acceptors (Lipinski definition) is 5. The molecule has 0 radical (unpaired) electrons. The van der Waals surface area contributed by atoms with Crippen LogP contribution in [-0.2, 0) is 4.79 Å². The molecule has 6 nitrogen and oxygen atoms in total. The van der Waals surface area contributed by atoms with Crippen molar-refractivity contribution in [2.45, 2.75) is 13.3 Å². The monoisotopic (exact) mass is 238 g/mol. The van der Waals surface area contributed by atoms with E-state index in [1.54, 1.807) is 31.3 Å². The average Bonchev–Trinajstić information content (AvgIpc) is 2.29. The molecule has 0 fully saturated rings. The van der Waals surface area contributed by atoms with Crippen molar-refractivity contribution in [1.82, 2.24) is 14.9 Å². The minimum atomic E-state index is 0.0680. The van der Waals surface area contributed by atoms with E-state index in [9.17, 15) is 4.79 Å². The van der Waals surface area contributed by atoms with Crippen LogP contribution in [0.4, 0.5) is 5.95 Å². The maximum absolute atomic E-state index is 11.3. The Morgan fingerprint density at radius 3 is 2.94 bits per heavy atom. The number of aromatic nitrogens is 2. The van der Waals surface area contributed by atoms with Gasteiger partial charge in [0, 0.05) is 39.3 Å². The molecule has 0 aliphatic rings. The Labute approximate surface area is 101 Å². The molecule has 0 atom stereocenters. The minimum Gasteiger partial charge on any atom is -0.478 e. The lowest BCUT2D eigenvalue weighted by molar-refractivity contribution is -0.128. The molecule has 0 aliphatic carbocycles. The van der Waals surface area contributed by atoms with E-state index in [1.165, 1.54) is 0 Å². The fourth-order valence-electron chi connectivity index (χ4n) is 1.16. The summed E-state index contributed by atoms with van der Waals surface area (Å²) in [5.41, 5.74) is 0. The zero-order valence-electron chi connectivity index (χ0n) is 10.4. The molecule has 0 saturated carbocycles. The quantitative estimate of drug-likeness (QED) is 0.792. The molecule has 1 amide bonds. The number of amides is 1. The van der Waals surface area contributed by atoms with Gasteiger partial charge in [-0.25, -0.2) is 4.98 Å². The predicted molar refractivity (Wildman–Crippen MR) is 65.0 cm³/mol. The van der Waals surface area contributed by atoms with Crippen LogP contribution in [0.2, 0.25) is 0 Å². The van der Waals surface area contributed by atoms with E-state index < -0.39 is 0 Å². The lowest BCUT2D eigenvalue weighted by Crippen LogP contribution is -2.24. The van der Waals surface area contributed by atoms with E-state index in [-0.39, 0.29) is 5.91 Å². The molecule has 94 valence electrons. The third-order valence-electron chi connectivity index (χ3n) is 2.04. The van der Waals surface area contributed by atoms with Crippen molar-refractivity contribution in [2.24, 2.45) is 0 Å². The Morgan fingerprint density at radius 2 is 2.29 bits per heavy atom. The summed E-state index contributed by atoms with van der Waals surface area (Å²) in [7, 11) is 3.46. The van der Waals surface area contributed by atoms with Crippen molar-refractivity contribution in [1.29, 1.82) is 0 Å². The number of nitrogens with zero attached hydrogens (tertiary/aromatic N) is 3. The summed E-state index contributed by atoms with van der Waals surface area (Å²) in [4.78, 5) is 21.0. The van der Waals surface area contributed by atoms with Gasteiger partial charge in [0.15, 0.2) is 0 Å². The number of rotatable bonds is 6. The second-order valence-corrected chi connectivity index (χ2v) is 3.62. The van der Waals surface area contributed by atoms with Crippen molar-refractivity contribution in [3.63, 3.8) is 0 Å². The first-order valence-electron chi connectivity index (χ1n) is 5.53. The first kappa shape index (κ1) is 13.2.